The summed E-state index contributed by atoms with van der Waals surface area (Å²) in [6.45, 7) is 2.94. The molecule has 0 aliphatic carbocycles. The van der Waals surface area contributed by atoms with Crippen LogP contribution in [0.2, 0.25) is 0 Å². The molecule has 1 aromatic rings. The molecular formula is C11H18F3N3. The molecule has 98 valence electrons. The van der Waals surface area contributed by atoms with Gasteiger partial charge in [-0.3, -0.25) is 4.68 Å². The average molecular weight is 249 g/mol. The Morgan fingerprint density at radius 2 is 2.12 bits per heavy atom. The van der Waals surface area contributed by atoms with Crippen molar-refractivity contribution >= 4 is 0 Å². The number of nitrogens with zero attached hydrogens (tertiary/aromatic N) is 2. The summed E-state index contributed by atoms with van der Waals surface area (Å²) < 4.78 is 37.4. The van der Waals surface area contributed by atoms with E-state index in [1.807, 2.05) is 20.0 Å². The summed E-state index contributed by atoms with van der Waals surface area (Å²) in [4.78, 5) is 0. The van der Waals surface area contributed by atoms with Gasteiger partial charge in [0.1, 0.15) is 0 Å². The number of halogens is 3. The van der Waals surface area contributed by atoms with Crippen molar-refractivity contribution in [2.45, 2.75) is 38.9 Å². The Labute approximate surface area is 99.0 Å². The summed E-state index contributed by atoms with van der Waals surface area (Å²) in [6, 6.07) is 1.97. The minimum absolute atomic E-state index is 0.113. The van der Waals surface area contributed by atoms with Crippen LogP contribution in [0.25, 0.3) is 0 Å². The predicted molar refractivity (Wildman–Crippen MR) is 59.6 cm³/mol. The molecule has 0 fully saturated rings. The average Bonchev–Trinajstić information content (AvgIpc) is 2.57. The number of aromatic nitrogens is 2. The lowest BCUT2D eigenvalue weighted by atomic mass is 10.3. The lowest BCUT2D eigenvalue weighted by molar-refractivity contribution is -0.135. The van der Waals surface area contributed by atoms with Crippen LogP contribution in [0.1, 0.15) is 31.2 Å². The summed E-state index contributed by atoms with van der Waals surface area (Å²) in [7, 11) is 1.84. The highest BCUT2D eigenvalue weighted by Crippen LogP contribution is 2.20. The molecule has 1 aromatic heterocycles. The van der Waals surface area contributed by atoms with Gasteiger partial charge >= 0.3 is 6.18 Å². The van der Waals surface area contributed by atoms with E-state index in [-0.39, 0.29) is 6.42 Å². The molecule has 1 rings (SSSR count). The number of aryl methyl sites for hydroxylation is 2. The topological polar surface area (TPSA) is 29.9 Å². The Bertz CT molecular complexity index is 344. The van der Waals surface area contributed by atoms with Gasteiger partial charge < -0.3 is 5.32 Å². The van der Waals surface area contributed by atoms with E-state index in [4.69, 9.17) is 0 Å². The molecule has 1 N–H and O–H groups in total. The number of hydrogen-bond donors (Lipinski definition) is 1. The third kappa shape index (κ3) is 5.21. The largest absolute Gasteiger partial charge is 0.389 e. The van der Waals surface area contributed by atoms with Crippen molar-refractivity contribution in [2.75, 3.05) is 6.54 Å². The SMILES string of the molecule is CCc1cc(CNCCCC(F)(F)F)n(C)n1. The first kappa shape index (κ1) is 14.0. The molecule has 0 saturated carbocycles. The molecule has 0 unspecified atom stereocenters. The first-order valence-corrected chi connectivity index (χ1v) is 5.71. The van der Waals surface area contributed by atoms with Crippen molar-refractivity contribution in [1.29, 1.82) is 0 Å². The molecule has 0 spiro atoms. The zero-order valence-corrected chi connectivity index (χ0v) is 10.1. The van der Waals surface area contributed by atoms with Crippen LogP contribution >= 0.6 is 0 Å². The molecule has 17 heavy (non-hydrogen) atoms. The summed E-state index contributed by atoms with van der Waals surface area (Å²) in [5.74, 6) is 0. The van der Waals surface area contributed by atoms with Gasteiger partial charge in [0.2, 0.25) is 0 Å². The van der Waals surface area contributed by atoms with Crippen LogP contribution in [-0.2, 0) is 20.0 Å². The van der Waals surface area contributed by atoms with E-state index in [2.05, 4.69) is 10.4 Å². The summed E-state index contributed by atoms with van der Waals surface area (Å²) in [5, 5.41) is 7.26. The van der Waals surface area contributed by atoms with E-state index < -0.39 is 12.6 Å². The first-order chi connectivity index (χ1) is 7.92. The Morgan fingerprint density at radius 1 is 1.41 bits per heavy atom. The second-order valence-electron chi connectivity index (χ2n) is 4.00. The van der Waals surface area contributed by atoms with Gasteiger partial charge in [0.15, 0.2) is 0 Å². The fourth-order valence-corrected chi connectivity index (χ4v) is 1.54. The molecule has 0 bridgehead atoms. The van der Waals surface area contributed by atoms with Crippen molar-refractivity contribution in [2.24, 2.45) is 7.05 Å². The quantitative estimate of drug-likeness (QED) is 0.785. The molecule has 0 saturated heterocycles. The zero-order chi connectivity index (χ0) is 12.9. The van der Waals surface area contributed by atoms with Gasteiger partial charge in [0.25, 0.3) is 0 Å². The Hall–Kier alpha value is -1.04. The van der Waals surface area contributed by atoms with E-state index in [9.17, 15) is 13.2 Å². The molecule has 0 aliphatic rings. The molecule has 0 radical (unpaired) electrons. The zero-order valence-electron chi connectivity index (χ0n) is 10.1. The third-order valence-corrected chi connectivity index (χ3v) is 2.51. The summed E-state index contributed by atoms with van der Waals surface area (Å²) in [6.07, 6.45) is -3.81. The van der Waals surface area contributed by atoms with Crippen LogP contribution in [-0.4, -0.2) is 22.5 Å². The van der Waals surface area contributed by atoms with Crippen molar-refractivity contribution in [3.05, 3.63) is 17.5 Å². The lowest BCUT2D eigenvalue weighted by Crippen LogP contribution is -2.19. The molecule has 6 heteroatoms. The predicted octanol–water partition coefficient (Wildman–Crippen LogP) is 2.41. The molecule has 0 aliphatic heterocycles. The maximum Gasteiger partial charge on any atom is 0.389 e. The number of rotatable bonds is 6. The summed E-state index contributed by atoms with van der Waals surface area (Å²) >= 11 is 0. The first-order valence-electron chi connectivity index (χ1n) is 5.71. The van der Waals surface area contributed by atoms with E-state index >= 15 is 0 Å². The highest BCUT2D eigenvalue weighted by atomic mass is 19.4. The van der Waals surface area contributed by atoms with Crippen LogP contribution in [0.5, 0.6) is 0 Å². The van der Waals surface area contributed by atoms with Crippen LogP contribution in [0.15, 0.2) is 6.07 Å². The van der Waals surface area contributed by atoms with E-state index in [1.165, 1.54) is 0 Å². The second kappa shape index (κ2) is 6.05. The number of hydrogen-bond acceptors (Lipinski definition) is 2. The van der Waals surface area contributed by atoms with E-state index in [0.717, 1.165) is 17.8 Å². The molecule has 3 nitrogen and oxygen atoms in total. The smallest absolute Gasteiger partial charge is 0.311 e. The van der Waals surface area contributed by atoms with E-state index in [0.29, 0.717) is 13.1 Å². The Balaban J connectivity index is 2.24. The lowest BCUT2D eigenvalue weighted by Gasteiger charge is -2.07. The van der Waals surface area contributed by atoms with Gasteiger partial charge in [-0.25, -0.2) is 0 Å². The van der Waals surface area contributed by atoms with Crippen molar-refractivity contribution in [3.8, 4) is 0 Å². The van der Waals surface area contributed by atoms with Crippen LogP contribution in [0, 0.1) is 0 Å². The van der Waals surface area contributed by atoms with Crippen molar-refractivity contribution in [3.63, 3.8) is 0 Å². The number of alkyl halides is 3. The molecule has 0 amide bonds. The fraction of sp³-hybridized carbons (Fsp3) is 0.727. The Morgan fingerprint density at radius 3 is 2.65 bits per heavy atom. The minimum atomic E-state index is -4.05. The van der Waals surface area contributed by atoms with Gasteiger partial charge in [-0.1, -0.05) is 6.92 Å². The standard InChI is InChI=1S/C11H18F3N3/c1-3-9-7-10(17(2)16-9)8-15-6-4-5-11(12,13)14/h7,15H,3-6,8H2,1-2H3. The molecule has 0 aromatic carbocycles. The van der Waals surface area contributed by atoms with Crippen LogP contribution < -0.4 is 5.32 Å². The van der Waals surface area contributed by atoms with Gasteiger partial charge in [-0.15, -0.1) is 0 Å². The molecule has 0 atom stereocenters. The fourth-order valence-electron chi connectivity index (χ4n) is 1.54. The Kier molecular flexibility index (Phi) is 4.99. The van der Waals surface area contributed by atoms with Gasteiger partial charge in [0, 0.05) is 20.0 Å². The highest BCUT2D eigenvalue weighted by molar-refractivity contribution is 5.09. The minimum Gasteiger partial charge on any atom is -0.311 e. The van der Waals surface area contributed by atoms with Gasteiger partial charge in [-0.05, 0) is 25.5 Å². The van der Waals surface area contributed by atoms with Crippen molar-refractivity contribution < 1.29 is 13.2 Å². The maximum atomic E-state index is 11.9. The highest BCUT2D eigenvalue weighted by Gasteiger charge is 2.25. The molecular weight excluding hydrogens is 231 g/mol. The maximum absolute atomic E-state index is 11.9. The van der Waals surface area contributed by atoms with Crippen LogP contribution in [0.3, 0.4) is 0 Å². The summed E-state index contributed by atoms with van der Waals surface area (Å²) in [5.41, 5.74) is 1.99. The van der Waals surface area contributed by atoms with Gasteiger partial charge in [-0.2, -0.15) is 18.3 Å². The number of nitrogens with one attached hydrogen (secondary N) is 1. The third-order valence-electron chi connectivity index (χ3n) is 2.51. The van der Waals surface area contributed by atoms with Crippen molar-refractivity contribution in [1.82, 2.24) is 15.1 Å². The van der Waals surface area contributed by atoms with E-state index in [1.54, 1.807) is 4.68 Å². The second-order valence-corrected chi connectivity index (χ2v) is 4.00. The molecule has 1 heterocycles. The normalized spacial score (nSPS) is 12.1. The monoisotopic (exact) mass is 249 g/mol. The van der Waals surface area contributed by atoms with Crippen LogP contribution in [0.4, 0.5) is 13.2 Å². The van der Waals surface area contributed by atoms with Gasteiger partial charge in [0.05, 0.1) is 11.4 Å².